The second kappa shape index (κ2) is 6.82. The lowest BCUT2D eigenvalue weighted by atomic mass is 10.1. The summed E-state index contributed by atoms with van der Waals surface area (Å²) >= 11 is 0. The molecule has 7 heteroatoms. The molecule has 0 bridgehead atoms. The molecule has 0 saturated heterocycles. The van der Waals surface area contributed by atoms with Gasteiger partial charge in [-0.2, -0.15) is 5.10 Å². The summed E-state index contributed by atoms with van der Waals surface area (Å²) in [6.07, 6.45) is 1.43. The Bertz CT molecular complexity index is 745. The van der Waals surface area contributed by atoms with E-state index in [1.807, 2.05) is 20.8 Å². The predicted octanol–water partition coefficient (Wildman–Crippen LogP) is 1.96. The maximum Gasteiger partial charge on any atom is 0.255 e. The van der Waals surface area contributed by atoms with Crippen LogP contribution in [-0.4, -0.2) is 33.7 Å². The van der Waals surface area contributed by atoms with Crippen molar-refractivity contribution in [3.8, 4) is 5.69 Å². The van der Waals surface area contributed by atoms with Crippen LogP contribution in [0, 0.1) is 12.7 Å². The fourth-order valence-corrected chi connectivity index (χ4v) is 2.19. The van der Waals surface area contributed by atoms with Crippen LogP contribution in [0.25, 0.3) is 5.69 Å². The minimum atomic E-state index is -0.384. The van der Waals surface area contributed by atoms with Crippen molar-refractivity contribution in [3.05, 3.63) is 47.5 Å². The van der Waals surface area contributed by atoms with Crippen LogP contribution in [0.15, 0.2) is 30.5 Å². The average Bonchev–Trinajstić information content (AvgIpc) is 2.86. The third-order valence-corrected chi connectivity index (χ3v) is 3.25. The molecule has 0 aliphatic rings. The number of rotatable bonds is 4. The average molecular weight is 332 g/mol. The molecule has 2 N–H and O–H groups in total. The molecule has 0 unspecified atom stereocenters. The highest BCUT2D eigenvalue weighted by Gasteiger charge is 2.18. The zero-order valence-corrected chi connectivity index (χ0v) is 14.2. The highest BCUT2D eigenvalue weighted by atomic mass is 19.1. The first-order valence-electron chi connectivity index (χ1n) is 7.57. The molecule has 0 atom stereocenters. The first kappa shape index (κ1) is 17.7. The van der Waals surface area contributed by atoms with E-state index < -0.39 is 0 Å². The molecule has 2 rings (SSSR count). The normalized spacial score (nSPS) is 11.2. The molecule has 128 valence electrons. The van der Waals surface area contributed by atoms with Crippen LogP contribution in [0.2, 0.25) is 0 Å². The molecule has 0 spiro atoms. The summed E-state index contributed by atoms with van der Waals surface area (Å²) in [4.78, 5) is 24.0. The molecular weight excluding hydrogens is 311 g/mol. The molecule has 24 heavy (non-hydrogen) atoms. The molecule has 1 aromatic carbocycles. The number of amides is 2. The van der Waals surface area contributed by atoms with Crippen molar-refractivity contribution in [2.45, 2.75) is 33.2 Å². The Hall–Kier alpha value is -2.70. The molecule has 2 aromatic rings. The number of hydrogen-bond acceptors (Lipinski definition) is 3. The van der Waals surface area contributed by atoms with E-state index in [0.717, 1.165) is 0 Å². The number of nitrogens with zero attached hydrogens (tertiary/aromatic N) is 2. The third-order valence-electron chi connectivity index (χ3n) is 3.25. The minimum absolute atomic E-state index is 0.114. The number of halogens is 1. The Labute approximate surface area is 140 Å². The van der Waals surface area contributed by atoms with Crippen LogP contribution in [-0.2, 0) is 4.79 Å². The van der Waals surface area contributed by atoms with E-state index in [1.54, 1.807) is 23.7 Å². The van der Waals surface area contributed by atoms with Gasteiger partial charge < -0.3 is 10.6 Å². The van der Waals surface area contributed by atoms with Gasteiger partial charge in [-0.15, -0.1) is 0 Å². The third kappa shape index (κ3) is 4.41. The molecule has 0 aliphatic carbocycles. The van der Waals surface area contributed by atoms with Crippen molar-refractivity contribution in [1.82, 2.24) is 20.4 Å². The van der Waals surface area contributed by atoms with Gasteiger partial charge in [-0.3, -0.25) is 9.59 Å². The summed E-state index contributed by atoms with van der Waals surface area (Å²) in [6.45, 7) is 7.22. The van der Waals surface area contributed by atoms with Crippen LogP contribution in [0.4, 0.5) is 4.39 Å². The number of carbonyl (C=O) groups excluding carboxylic acids is 2. The van der Waals surface area contributed by atoms with Crippen LogP contribution in [0.5, 0.6) is 0 Å². The highest BCUT2D eigenvalue weighted by Crippen LogP contribution is 2.14. The monoisotopic (exact) mass is 332 g/mol. The Kier molecular flexibility index (Phi) is 5.02. The highest BCUT2D eigenvalue weighted by molar-refractivity contribution is 5.97. The van der Waals surface area contributed by atoms with Crippen LogP contribution in [0.3, 0.4) is 0 Å². The standard InChI is InChI=1S/C17H21FN4O2/c1-11-14(16(24)19-10-15(23)21-17(2,3)4)9-20-22(11)13-7-5-12(18)6-8-13/h5-9H,10H2,1-4H3,(H,19,24)(H,21,23). The van der Waals surface area contributed by atoms with E-state index in [0.29, 0.717) is 16.9 Å². The molecular formula is C17H21FN4O2. The van der Waals surface area contributed by atoms with E-state index in [-0.39, 0.29) is 29.7 Å². The first-order chi connectivity index (χ1) is 11.2. The Balaban J connectivity index is 2.06. The molecule has 0 aliphatic heterocycles. The van der Waals surface area contributed by atoms with Crippen molar-refractivity contribution in [2.75, 3.05) is 6.54 Å². The molecule has 6 nitrogen and oxygen atoms in total. The van der Waals surface area contributed by atoms with Gasteiger partial charge in [0.05, 0.1) is 29.7 Å². The van der Waals surface area contributed by atoms with Crippen LogP contribution in [0.1, 0.15) is 36.8 Å². The van der Waals surface area contributed by atoms with E-state index in [4.69, 9.17) is 0 Å². The van der Waals surface area contributed by atoms with Gasteiger partial charge in [0.2, 0.25) is 5.91 Å². The molecule has 0 saturated carbocycles. The fraction of sp³-hybridized carbons (Fsp3) is 0.353. The van der Waals surface area contributed by atoms with Crippen molar-refractivity contribution >= 4 is 11.8 Å². The molecule has 0 radical (unpaired) electrons. The van der Waals surface area contributed by atoms with Crippen molar-refractivity contribution < 1.29 is 14.0 Å². The number of aromatic nitrogens is 2. The van der Waals surface area contributed by atoms with Gasteiger partial charge in [-0.25, -0.2) is 9.07 Å². The Morgan fingerprint density at radius 3 is 2.42 bits per heavy atom. The lowest BCUT2D eigenvalue weighted by molar-refractivity contribution is -0.121. The minimum Gasteiger partial charge on any atom is -0.350 e. The zero-order valence-electron chi connectivity index (χ0n) is 14.2. The van der Waals surface area contributed by atoms with Gasteiger partial charge in [-0.1, -0.05) is 0 Å². The van der Waals surface area contributed by atoms with Gasteiger partial charge in [0, 0.05) is 5.54 Å². The van der Waals surface area contributed by atoms with E-state index in [9.17, 15) is 14.0 Å². The van der Waals surface area contributed by atoms with Crippen LogP contribution < -0.4 is 10.6 Å². The van der Waals surface area contributed by atoms with Crippen molar-refractivity contribution in [2.24, 2.45) is 0 Å². The van der Waals surface area contributed by atoms with Crippen LogP contribution >= 0.6 is 0 Å². The van der Waals surface area contributed by atoms with Gasteiger partial charge in [0.1, 0.15) is 5.82 Å². The fourth-order valence-electron chi connectivity index (χ4n) is 2.19. The molecule has 0 fully saturated rings. The van der Waals surface area contributed by atoms with Gasteiger partial charge in [0.15, 0.2) is 0 Å². The van der Waals surface area contributed by atoms with Gasteiger partial charge >= 0.3 is 0 Å². The lowest BCUT2D eigenvalue weighted by Crippen LogP contribution is -2.45. The Morgan fingerprint density at radius 1 is 1.21 bits per heavy atom. The summed E-state index contributed by atoms with van der Waals surface area (Å²) in [7, 11) is 0. The second-order valence-corrected chi connectivity index (χ2v) is 6.51. The number of hydrogen-bond donors (Lipinski definition) is 2. The van der Waals surface area contributed by atoms with Gasteiger partial charge in [0.25, 0.3) is 5.91 Å². The smallest absolute Gasteiger partial charge is 0.255 e. The van der Waals surface area contributed by atoms with Crippen molar-refractivity contribution in [3.63, 3.8) is 0 Å². The topological polar surface area (TPSA) is 76.0 Å². The maximum atomic E-state index is 13.0. The largest absolute Gasteiger partial charge is 0.350 e. The van der Waals surface area contributed by atoms with Crippen molar-refractivity contribution in [1.29, 1.82) is 0 Å². The number of benzene rings is 1. The molecule has 1 heterocycles. The number of carbonyl (C=O) groups is 2. The zero-order chi connectivity index (χ0) is 17.9. The number of nitrogens with one attached hydrogen (secondary N) is 2. The first-order valence-corrected chi connectivity index (χ1v) is 7.57. The maximum absolute atomic E-state index is 13.0. The summed E-state index contributed by atoms with van der Waals surface area (Å²) < 4.78 is 14.5. The summed E-state index contributed by atoms with van der Waals surface area (Å²) in [6, 6.07) is 5.81. The van der Waals surface area contributed by atoms with Gasteiger partial charge in [-0.05, 0) is 52.0 Å². The summed E-state index contributed by atoms with van der Waals surface area (Å²) in [5.74, 6) is -0.990. The van der Waals surface area contributed by atoms with E-state index in [1.165, 1.54) is 18.3 Å². The second-order valence-electron chi connectivity index (χ2n) is 6.51. The quantitative estimate of drug-likeness (QED) is 0.899. The Morgan fingerprint density at radius 2 is 1.83 bits per heavy atom. The molecule has 2 amide bonds. The molecule has 1 aromatic heterocycles. The summed E-state index contributed by atoms with van der Waals surface area (Å²) in [5.41, 5.74) is 1.27. The van der Waals surface area contributed by atoms with E-state index >= 15 is 0 Å². The lowest BCUT2D eigenvalue weighted by Gasteiger charge is -2.20. The van der Waals surface area contributed by atoms with E-state index in [2.05, 4.69) is 15.7 Å². The summed E-state index contributed by atoms with van der Waals surface area (Å²) in [5, 5.41) is 9.49. The predicted molar refractivity (Wildman–Crippen MR) is 88.5 cm³/mol. The SMILES string of the molecule is Cc1c(C(=O)NCC(=O)NC(C)(C)C)cnn1-c1ccc(F)cc1.